The van der Waals surface area contributed by atoms with E-state index < -0.39 is 0 Å². The van der Waals surface area contributed by atoms with E-state index in [0.29, 0.717) is 5.41 Å². The van der Waals surface area contributed by atoms with Crippen molar-refractivity contribution in [2.24, 2.45) is 5.41 Å². The Morgan fingerprint density at radius 2 is 1.50 bits per heavy atom. The Morgan fingerprint density at radius 3 is 1.95 bits per heavy atom. The lowest BCUT2D eigenvalue weighted by atomic mass is 9.76. The lowest BCUT2D eigenvalue weighted by Crippen LogP contribution is -2.46. The fourth-order valence-electron chi connectivity index (χ4n) is 3.00. The summed E-state index contributed by atoms with van der Waals surface area (Å²) in [6, 6.07) is 0. The van der Waals surface area contributed by atoms with Crippen LogP contribution in [0.2, 0.25) is 0 Å². The Hall–Kier alpha value is -0.160. The minimum Gasteiger partial charge on any atom is -0.380 e. The van der Waals surface area contributed by atoms with Crippen LogP contribution in [0.25, 0.3) is 0 Å². The number of nitrogens with zero attached hydrogens (tertiary/aromatic N) is 1. The first-order valence-corrected chi connectivity index (χ1v) is 8.35. The smallest absolute Gasteiger partial charge is 0.0593 e. The molecule has 1 fully saturated rings. The molecule has 120 valence electrons. The maximum atomic E-state index is 5.53. The SMILES string of the molecule is CCOCCN(CCOCC)CC1(CC)CCNCC1. The average Bonchev–Trinajstić information content (AvgIpc) is 2.48. The molecule has 4 nitrogen and oxygen atoms in total. The van der Waals surface area contributed by atoms with Crippen molar-refractivity contribution in [1.82, 2.24) is 10.2 Å². The van der Waals surface area contributed by atoms with Crippen LogP contribution in [0.15, 0.2) is 0 Å². The third kappa shape index (κ3) is 6.53. The number of piperidine rings is 1. The molecule has 1 saturated heterocycles. The van der Waals surface area contributed by atoms with Crippen LogP contribution in [-0.4, -0.2) is 64.1 Å². The van der Waals surface area contributed by atoms with E-state index in [1.165, 1.54) is 38.9 Å². The van der Waals surface area contributed by atoms with Crippen molar-refractivity contribution in [3.05, 3.63) is 0 Å². The van der Waals surface area contributed by atoms with E-state index in [-0.39, 0.29) is 0 Å². The topological polar surface area (TPSA) is 33.7 Å². The van der Waals surface area contributed by atoms with Crippen LogP contribution in [-0.2, 0) is 9.47 Å². The summed E-state index contributed by atoms with van der Waals surface area (Å²) in [6.45, 7) is 15.3. The van der Waals surface area contributed by atoms with Gasteiger partial charge < -0.3 is 14.8 Å². The number of ether oxygens (including phenoxy) is 2. The van der Waals surface area contributed by atoms with Gasteiger partial charge in [-0.3, -0.25) is 4.90 Å². The molecule has 0 aromatic rings. The first kappa shape index (κ1) is 17.9. The largest absolute Gasteiger partial charge is 0.380 e. The van der Waals surface area contributed by atoms with Gasteiger partial charge in [0.05, 0.1) is 13.2 Å². The molecular weight excluding hydrogens is 252 g/mol. The van der Waals surface area contributed by atoms with Crippen LogP contribution in [0.5, 0.6) is 0 Å². The summed E-state index contributed by atoms with van der Waals surface area (Å²) in [4.78, 5) is 2.54. The van der Waals surface area contributed by atoms with Crippen LogP contribution in [0.4, 0.5) is 0 Å². The fraction of sp³-hybridized carbons (Fsp3) is 1.00. The van der Waals surface area contributed by atoms with Gasteiger partial charge in [-0.2, -0.15) is 0 Å². The second kappa shape index (κ2) is 10.6. The van der Waals surface area contributed by atoms with E-state index in [9.17, 15) is 0 Å². The Labute approximate surface area is 125 Å². The maximum Gasteiger partial charge on any atom is 0.0593 e. The van der Waals surface area contributed by atoms with Crippen molar-refractivity contribution in [3.63, 3.8) is 0 Å². The van der Waals surface area contributed by atoms with Gasteiger partial charge in [-0.25, -0.2) is 0 Å². The van der Waals surface area contributed by atoms with Crippen molar-refractivity contribution >= 4 is 0 Å². The predicted molar refractivity (Wildman–Crippen MR) is 84.3 cm³/mol. The molecule has 20 heavy (non-hydrogen) atoms. The van der Waals surface area contributed by atoms with Gasteiger partial charge in [0.15, 0.2) is 0 Å². The average molecular weight is 286 g/mol. The summed E-state index contributed by atoms with van der Waals surface area (Å²) < 4.78 is 11.1. The van der Waals surface area contributed by atoms with Crippen molar-refractivity contribution in [3.8, 4) is 0 Å². The second-order valence-electron chi connectivity index (χ2n) is 5.77. The summed E-state index contributed by atoms with van der Waals surface area (Å²) in [7, 11) is 0. The summed E-state index contributed by atoms with van der Waals surface area (Å²) >= 11 is 0. The summed E-state index contributed by atoms with van der Waals surface area (Å²) in [5.41, 5.74) is 0.490. The molecule has 0 saturated carbocycles. The predicted octanol–water partition coefficient (Wildman–Crippen LogP) is 2.14. The first-order chi connectivity index (χ1) is 9.76. The van der Waals surface area contributed by atoms with Gasteiger partial charge in [-0.05, 0) is 51.6 Å². The maximum absolute atomic E-state index is 5.53. The molecule has 0 aliphatic carbocycles. The monoisotopic (exact) mass is 286 g/mol. The summed E-state index contributed by atoms with van der Waals surface area (Å²) in [6.07, 6.45) is 3.86. The van der Waals surface area contributed by atoms with E-state index in [4.69, 9.17) is 9.47 Å². The lowest BCUT2D eigenvalue weighted by Gasteiger charge is -2.41. The van der Waals surface area contributed by atoms with Crippen LogP contribution in [0.3, 0.4) is 0 Å². The van der Waals surface area contributed by atoms with Gasteiger partial charge in [-0.1, -0.05) is 6.92 Å². The summed E-state index contributed by atoms with van der Waals surface area (Å²) in [5, 5.41) is 3.48. The Balaban J connectivity index is 2.46. The van der Waals surface area contributed by atoms with Gasteiger partial charge in [0.1, 0.15) is 0 Å². The fourth-order valence-corrected chi connectivity index (χ4v) is 3.00. The molecule has 0 bridgehead atoms. The highest BCUT2D eigenvalue weighted by molar-refractivity contribution is 4.86. The van der Waals surface area contributed by atoms with Crippen LogP contribution in [0.1, 0.15) is 40.0 Å². The van der Waals surface area contributed by atoms with E-state index in [2.05, 4.69) is 31.0 Å². The van der Waals surface area contributed by atoms with Crippen LogP contribution in [0, 0.1) is 5.41 Å². The number of nitrogens with one attached hydrogen (secondary N) is 1. The Bertz CT molecular complexity index is 221. The third-order valence-corrected chi connectivity index (χ3v) is 4.49. The number of hydrogen-bond donors (Lipinski definition) is 1. The molecule has 1 aliphatic rings. The molecule has 0 unspecified atom stereocenters. The molecule has 1 rings (SSSR count). The van der Waals surface area contributed by atoms with Crippen molar-refractivity contribution in [2.75, 3.05) is 59.2 Å². The van der Waals surface area contributed by atoms with E-state index in [1.54, 1.807) is 0 Å². The van der Waals surface area contributed by atoms with Gasteiger partial charge in [0.2, 0.25) is 0 Å². The van der Waals surface area contributed by atoms with Gasteiger partial charge in [0.25, 0.3) is 0 Å². The number of hydrogen-bond acceptors (Lipinski definition) is 4. The normalized spacial score (nSPS) is 18.6. The molecule has 4 heteroatoms. The zero-order chi connectivity index (χ0) is 14.7. The van der Waals surface area contributed by atoms with Gasteiger partial charge in [0, 0.05) is 32.8 Å². The number of rotatable bonds is 11. The van der Waals surface area contributed by atoms with Crippen molar-refractivity contribution in [2.45, 2.75) is 40.0 Å². The quantitative estimate of drug-likeness (QED) is 0.590. The van der Waals surface area contributed by atoms with Crippen molar-refractivity contribution in [1.29, 1.82) is 0 Å². The van der Waals surface area contributed by atoms with Gasteiger partial charge >= 0.3 is 0 Å². The zero-order valence-electron chi connectivity index (χ0n) is 13.7. The van der Waals surface area contributed by atoms with Gasteiger partial charge in [-0.15, -0.1) is 0 Å². The molecule has 0 amide bonds. The highest BCUT2D eigenvalue weighted by Crippen LogP contribution is 2.33. The highest BCUT2D eigenvalue weighted by atomic mass is 16.5. The molecule has 0 aromatic heterocycles. The van der Waals surface area contributed by atoms with Crippen LogP contribution >= 0.6 is 0 Å². The minimum atomic E-state index is 0.490. The molecule has 0 spiro atoms. The second-order valence-corrected chi connectivity index (χ2v) is 5.77. The Morgan fingerprint density at radius 1 is 0.950 bits per heavy atom. The standard InChI is InChI=1S/C16H34N2O2/c1-4-16(7-9-17-10-8-16)15-18(11-13-19-5-2)12-14-20-6-3/h17H,4-15H2,1-3H3. The Kier molecular flexibility index (Phi) is 9.44. The first-order valence-electron chi connectivity index (χ1n) is 8.35. The van der Waals surface area contributed by atoms with Crippen LogP contribution < -0.4 is 5.32 Å². The molecule has 1 heterocycles. The van der Waals surface area contributed by atoms with E-state index in [1.807, 2.05) is 0 Å². The zero-order valence-corrected chi connectivity index (χ0v) is 13.7. The van der Waals surface area contributed by atoms with E-state index in [0.717, 1.165) is 39.5 Å². The summed E-state index contributed by atoms with van der Waals surface area (Å²) in [5.74, 6) is 0. The molecular formula is C16H34N2O2. The molecule has 1 N–H and O–H groups in total. The lowest BCUT2D eigenvalue weighted by molar-refractivity contribution is 0.0465. The molecule has 0 radical (unpaired) electrons. The van der Waals surface area contributed by atoms with E-state index >= 15 is 0 Å². The molecule has 0 atom stereocenters. The molecule has 1 aliphatic heterocycles. The molecule has 0 aromatic carbocycles. The highest BCUT2D eigenvalue weighted by Gasteiger charge is 2.31. The minimum absolute atomic E-state index is 0.490. The van der Waals surface area contributed by atoms with Crippen molar-refractivity contribution < 1.29 is 9.47 Å². The third-order valence-electron chi connectivity index (χ3n) is 4.49.